The Kier molecular flexibility index (Phi) is 8.30. The first-order valence-corrected chi connectivity index (χ1v) is 7.42. The van der Waals surface area contributed by atoms with Gasteiger partial charge in [0.05, 0.1) is 0 Å². The van der Waals surface area contributed by atoms with Gasteiger partial charge in [-0.1, -0.05) is 23.7 Å². The van der Waals surface area contributed by atoms with Gasteiger partial charge in [-0.25, -0.2) is 0 Å². The molecule has 112 valence electrons. The van der Waals surface area contributed by atoms with E-state index in [0.717, 1.165) is 43.0 Å². The normalized spacial score (nSPS) is 14.6. The second kappa shape index (κ2) is 9.45. The molecule has 0 unspecified atom stereocenters. The molecule has 1 saturated carbocycles. The Bertz CT molecular complexity index is 433. The lowest BCUT2D eigenvalue weighted by atomic mass is 10.1. The summed E-state index contributed by atoms with van der Waals surface area (Å²) in [5, 5.41) is 7.44. The largest absolute Gasteiger partial charge is 0.357 e. The predicted octanol–water partition coefficient (Wildman–Crippen LogP) is 3.47. The van der Waals surface area contributed by atoms with Gasteiger partial charge in [-0.15, -0.1) is 24.0 Å². The van der Waals surface area contributed by atoms with Crippen LogP contribution in [-0.2, 0) is 6.42 Å². The first-order chi connectivity index (χ1) is 9.28. The molecule has 1 aliphatic rings. The van der Waals surface area contributed by atoms with Crippen molar-refractivity contribution in [1.29, 1.82) is 0 Å². The minimum absolute atomic E-state index is 0. The van der Waals surface area contributed by atoms with Gasteiger partial charge >= 0.3 is 0 Å². The van der Waals surface area contributed by atoms with Gasteiger partial charge < -0.3 is 10.6 Å². The molecule has 0 atom stereocenters. The van der Waals surface area contributed by atoms with Gasteiger partial charge in [0.15, 0.2) is 5.96 Å². The summed E-state index contributed by atoms with van der Waals surface area (Å²) < 4.78 is 0. The van der Waals surface area contributed by atoms with Crippen LogP contribution in [0.1, 0.15) is 25.3 Å². The summed E-state index contributed by atoms with van der Waals surface area (Å²) in [6.45, 7) is 4.81. The number of nitrogens with zero attached hydrogens (tertiary/aromatic N) is 1. The molecule has 1 aromatic carbocycles. The molecule has 0 spiro atoms. The summed E-state index contributed by atoms with van der Waals surface area (Å²) in [7, 11) is 0. The van der Waals surface area contributed by atoms with Crippen molar-refractivity contribution < 1.29 is 0 Å². The van der Waals surface area contributed by atoms with Crippen LogP contribution in [0, 0.1) is 5.92 Å². The topological polar surface area (TPSA) is 36.4 Å². The van der Waals surface area contributed by atoms with Gasteiger partial charge in [0.1, 0.15) is 0 Å². The van der Waals surface area contributed by atoms with Crippen molar-refractivity contribution in [3.8, 4) is 0 Å². The van der Waals surface area contributed by atoms with Crippen LogP contribution < -0.4 is 10.6 Å². The summed E-state index contributed by atoms with van der Waals surface area (Å²) in [5.41, 5.74) is 1.25. The molecule has 20 heavy (non-hydrogen) atoms. The number of hydrogen-bond acceptors (Lipinski definition) is 1. The Morgan fingerprint density at radius 2 is 2.15 bits per heavy atom. The van der Waals surface area contributed by atoms with Crippen molar-refractivity contribution in [2.24, 2.45) is 10.9 Å². The lowest BCUT2D eigenvalue weighted by Gasteiger charge is -2.11. The van der Waals surface area contributed by atoms with Crippen molar-refractivity contribution in [2.75, 3.05) is 19.6 Å². The number of rotatable bonds is 6. The molecule has 0 amide bonds. The molecular formula is C15H23ClIN3. The highest BCUT2D eigenvalue weighted by molar-refractivity contribution is 14.0. The maximum absolute atomic E-state index is 5.97. The Morgan fingerprint density at radius 3 is 2.80 bits per heavy atom. The summed E-state index contributed by atoms with van der Waals surface area (Å²) in [6, 6.07) is 8.00. The van der Waals surface area contributed by atoms with Crippen LogP contribution in [0.4, 0.5) is 0 Å². The smallest absolute Gasteiger partial charge is 0.191 e. The zero-order valence-electron chi connectivity index (χ0n) is 11.9. The van der Waals surface area contributed by atoms with E-state index in [4.69, 9.17) is 11.6 Å². The van der Waals surface area contributed by atoms with E-state index in [1.807, 2.05) is 18.2 Å². The molecule has 2 rings (SSSR count). The highest BCUT2D eigenvalue weighted by Gasteiger charge is 2.20. The minimum atomic E-state index is 0. The van der Waals surface area contributed by atoms with Crippen LogP contribution in [0.25, 0.3) is 0 Å². The summed E-state index contributed by atoms with van der Waals surface area (Å²) in [4.78, 5) is 4.59. The minimum Gasteiger partial charge on any atom is -0.357 e. The van der Waals surface area contributed by atoms with Gasteiger partial charge in [-0.2, -0.15) is 0 Å². The second-order valence-electron chi connectivity index (χ2n) is 4.97. The molecule has 0 bridgehead atoms. The van der Waals surface area contributed by atoms with E-state index in [0.29, 0.717) is 0 Å². The molecule has 0 saturated heterocycles. The van der Waals surface area contributed by atoms with Crippen LogP contribution in [-0.4, -0.2) is 25.6 Å². The van der Waals surface area contributed by atoms with Crippen molar-refractivity contribution in [1.82, 2.24) is 10.6 Å². The Balaban J connectivity index is 0.00000200. The van der Waals surface area contributed by atoms with Gasteiger partial charge in [-0.05, 0) is 49.8 Å². The average Bonchev–Trinajstić information content (AvgIpc) is 3.20. The molecule has 2 N–H and O–H groups in total. The molecule has 1 fully saturated rings. The lowest BCUT2D eigenvalue weighted by Crippen LogP contribution is -2.38. The van der Waals surface area contributed by atoms with E-state index < -0.39 is 0 Å². The maximum Gasteiger partial charge on any atom is 0.191 e. The van der Waals surface area contributed by atoms with E-state index in [-0.39, 0.29) is 24.0 Å². The van der Waals surface area contributed by atoms with Gasteiger partial charge in [0.2, 0.25) is 0 Å². The average molecular weight is 408 g/mol. The number of hydrogen-bond donors (Lipinski definition) is 2. The first kappa shape index (κ1) is 17.6. The van der Waals surface area contributed by atoms with Crippen LogP contribution in [0.2, 0.25) is 5.02 Å². The molecule has 0 aromatic heterocycles. The van der Waals surface area contributed by atoms with E-state index in [2.05, 4.69) is 28.6 Å². The molecule has 0 heterocycles. The molecule has 1 aromatic rings. The predicted molar refractivity (Wildman–Crippen MR) is 97.3 cm³/mol. The standard InChI is InChI=1S/C15H22ClN3.HI/c1-2-17-15(19-11-13-6-7-13)18-9-8-12-4-3-5-14(16)10-12;/h3-5,10,13H,2,6-9,11H2,1H3,(H2,17,18,19);1H. The maximum atomic E-state index is 5.97. The number of guanidine groups is 1. The fourth-order valence-electron chi connectivity index (χ4n) is 1.88. The highest BCUT2D eigenvalue weighted by Crippen LogP contribution is 2.28. The summed E-state index contributed by atoms with van der Waals surface area (Å²) in [6.07, 6.45) is 3.63. The number of nitrogens with one attached hydrogen (secondary N) is 2. The second-order valence-corrected chi connectivity index (χ2v) is 5.41. The third-order valence-electron chi connectivity index (χ3n) is 3.14. The third kappa shape index (κ3) is 6.79. The molecule has 5 heteroatoms. The number of benzene rings is 1. The van der Waals surface area contributed by atoms with E-state index in [1.165, 1.54) is 18.4 Å². The summed E-state index contributed by atoms with van der Waals surface area (Å²) >= 11 is 5.97. The highest BCUT2D eigenvalue weighted by atomic mass is 127. The van der Waals surface area contributed by atoms with E-state index >= 15 is 0 Å². The fourth-order valence-corrected chi connectivity index (χ4v) is 2.09. The molecular weight excluding hydrogens is 385 g/mol. The van der Waals surface area contributed by atoms with Gasteiger partial charge in [-0.3, -0.25) is 4.99 Å². The Morgan fingerprint density at radius 1 is 1.35 bits per heavy atom. The first-order valence-electron chi connectivity index (χ1n) is 7.04. The quantitative estimate of drug-likeness (QED) is 0.430. The number of halogens is 2. The third-order valence-corrected chi connectivity index (χ3v) is 3.38. The molecule has 0 aliphatic heterocycles. The fraction of sp³-hybridized carbons (Fsp3) is 0.533. The van der Waals surface area contributed by atoms with Crippen LogP contribution in [0.15, 0.2) is 29.3 Å². The Labute approximate surface area is 143 Å². The van der Waals surface area contributed by atoms with Crippen molar-refractivity contribution in [2.45, 2.75) is 26.2 Å². The van der Waals surface area contributed by atoms with Crippen LogP contribution in [0.3, 0.4) is 0 Å². The number of aliphatic imine (C=N–C) groups is 1. The van der Waals surface area contributed by atoms with E-state index in [9.17, 15) is 0 Å². The van der Waals surface area contributed by atoms with Crippen LogP contribution >= 0.6 is 35.6 Å². The molecule has 3 nitrogen and oxygen atoms in total. The van der Waals surface area contributed by atoms with Crippen molar-refractivity contribution in [3.63, 3.8) is 0 Å². The Hall–Kier alpha value is -0.490. The lowest BCUT2D eigenvalue weighted by molar-refractivity contribution is 0.777. The van der Waals surface area contributed by atoms with Crippen molar-refractivity contribution in [3.05, 3.63) is 34.9 Å². The van der Waals surface area contributed by atoms with E-state index in [1.54, 1.807) is 0 Å². The summed E-state index contributed by atoms with van der Waals surface area (Å²) in [5.74, 6) is 1.75. The SMILES string of the molecule is CCNC(=NCC1CC1)NCCc1cccc(Cl)c1.I. The zero-order chi connectivity index (χ0) is 13.5. The monoisotopic (exact) mass is 407 g/mol. The zero-order valence-corrected chi connectivity index (χ0v) is 14.9. The van der Waals surface area contributed by atoms with Crippen LogP contribution in [0.5, 0.6) is 0 Å². The van der Waals surface area contributed by atoms with Gasteiger partial charge in [0.25, 0.3) is 0 Å². The van der Waals surface area contributed by atoms with Gasteiger partial charge in [0, 0.05) is 24.7 Å². The molecule has 0 radical (unpaired) electrons. The molecule has 1 aliphatic carbocycles. The van der Waals surface area contributed by atoms with Crippen molar-refractivity contribution >= 4 is 41.5 Å².